The smallest absolute Gasteiger partial charge is 0.243 e. The Balaban J connectivity index is 0.00000312. The summed E-state index contributed by atoms with van der Waals surface area (Å²) >= 11 is 0. The van der Waals surface area contributed by atoms with Crippen molar-refractivity contribution in [2.75, 3.05) is 40.4 Å². The van der Waals surface area contributed by atoms with E-state index in [1.165, 1.54) is 38.5 Å². The van der Waals surface area contributed by atoms with Crippen LogP contribution >= 0.6 is 24.0 Å². The van der Waals surface area contributed by atoms with Gasteiger partial charge in [-0.3, -0.25) is 4.79 Å². The Hall–Kier alpha value is -0.570. The zero-order chi connectivity index (χ0) is 17.4. The van der Waals surface area contributed by atoms with E-state index in [0.717, 1.165) is 32.1 Å². The molecule has 0 aromatic carbocycles. The summed E-state index contributed by atoms with van der Waals surface area (Å²) in [5.41, 5.74) is 0.360. The average Bonchev–Trinajstić information content (AvgIpc) is 3.14. The summed E-state index contributed by atoms with van der Waals surface area (Å²) in [7, 11) is 3.53. The van der Waals surface area contributed by atoms with Crippen molar-refractivity contribution >= 4 is 35.8 Å². The van der Waals surface area contributed by atoms with E-state index in [0.29, 0.717) is 11.5 Å². The van der Waals surface area contributed by atoms with Gasteiger partial charge in [0.25, 0.3) is 0 Å². The molecule has 6 nitrogen and oxygen atoms in total. The number of aliphatic imine (C=N–C) groups is 1. The molecule has 0 bridgehead atoms. The fraction of sp³-hybridized carbons (Fsp3) is 0.889. The number of carbonyl (C=O) groups excluding carboxylic acids is 1. The molecular weight excluding hydrogens is 431 g/mol. The lowest BCUT2D eigenvalue weighted by atomic mass is 10.0. The van der Waals surface area contributed by atoms with E-state index in [2.05, 4.69) is 15.6 Å². The predicted octanol–water partition coefficient (Wildman–Crippen LogP) is 2.38. The highest BCUT2D eigenvalue weighted by Crippen LogP contribution is 2.48. The Morgan fingerprint density at radius 1 is 1.28 bits per heavy atom. The number of rotatable bonds is 9. The molecule has 146 valence electrons. The van der Waals surface area contributed by atoms with Gasteiger partial charge < -0.3 is 20.3 Å². The zero-order valence-corrected chi connectivity index (χ0v) is 18.3. The lowest BCUT2D eigenvalue weighted by Gasteiger charge is -2.21. The van der Waals surface area contributed by atoms with E-state index in [-0.39, 0.29) is 36.4 Å². The molecule has 0 aromatic rings. The summed E-state index contributed by atoms with van der Waals surface area (Å²) in [5.74, 6) is 0.819. The molecule has 0 spiro atoms. The fourth-order valence-electron chi connectivity index (χ4n) is 3.10. The van der Waals surface area contributed by atoms with Crippen LogP contribution in [0.25, 0.3) is 0 Å². The molecule has 0 atom stereocenters. The number of nitrogens with one attached hydrogen (secondary N) is 2. The van der Waals surface area contributed by atoms with Crippen molar-refractivity contribution in [3.05, 3.63) is 0 Å². The molecule has 1 amide bonds. The lowest BCUT2D eigenvalue weighted by molar-refractivity contribution is -0.127. The SMILES string of the molecule is CCOCCC1(CNC(=NCC(=O)N(C)C)NC2CCCC2)CC1.I. The molecule has 25 heavy (non-hydrogen) atoms. The Kier molecular flexibility index (Phi) is 10.1. The summed E-state index contributed by atoms with van der Waals surface area (Å²) in [4.78, 5) is 17.9. The minimum absolute atomic E-state index is 0. The monoisotopic (exact) mass is 466 g/mol. The first kappa shape index (κ1) is 22.5. The van der Waals surface area contributed by atoms with E-state index >= 15 is 0 Å². The van der Waals surface area contributed by atoms with Crippen LogP contribution in [-0.4, -0.2) is 63.2 Å². The van der Waals surface area contributed by atoms with Crippen molar-refractivity contribution in [3.63, 3.8) is 0 Å². The molecule has 0 heterocycles. The molecule has 0 unspecified atom stereocenters. The Morgan fingerprint density at radius 3 is 2.52 bits per heavy atom. The van der Waals surface area contributed by atoms with Crippen LogP contribution in [0.3, 0.4) is 0 Å². The maximum absolute atomic E-state index is 11.8. The first-order valence-corrected chi connectivity index (χ1v) is 9.37. The van der Waals surface area contributed by atoms with Gasteiger partial charge in [-0.1, -0.05) is 12.8 Å². The van der Waals surface area contributed by atoms with Gasteiger partial charge in [-0.15, -0.1) is 24.0 Å². The maximum Gasteiger partial charge on any atom is 0.243 e. The van der Waals surface area contributed by atoms with Crippen LogP contribution in [0.2, 0.25) is 0 Å². The third kappa shape index (κ3) is 8.11. The van der Waals surface area contributed by atoms with E-state index in [1.807, 2.05) is 6.92 Å². The van der Waals surface area contributed by atoms with Crippen molar-refractivity contribution in [1.82, 2.24) is 15.5 Å². The van der Waals surface area contributed by atoms with Gasteiger partial charge in [0.15, 0.2) is 5.96 Å². The van der Waals surface area contributed by atoms with E-state index < -0.39 is 0 Å². The van der Waals surface area contributed by atoms with E-state index in [1.54, 1.807) is 19.0 Å². The van der Waals surface area contributed by atoms with Gasteiger partial charge in [0, 0.05) is 39.9 Å². The number of carbonyl (C=O) groups is 1. The summed E-state index contributed by atoms with van der Waals surface area (Å²) in [6.07, 6.45) is 8.54. The number of amides is 1. The van der Waals surface area contributed by atoms with Gasteiger partial charge in [-0.25, -0.2) is 4.99 Å². The van der Waals surface area contributed by atoms with Crippen LogP contribution in [0.15, 0.2) is 4.99 Å². The highest BCUT2D eigenvalue weighted by Gasteiger charge is 2.42. The molecule has 0 aromatic heterocycles. The minimum atomic E-state index is 0. The summed E-state index contributed by atoms with van der Waals surface area (Å²) in [5, 5.41) is 7.00. The third-order valence-corrected chi connectivity index (χ3v) is 5.14. The number of ether oxygens (including phenoxy) is 1. The van der Waals surface area contributed by atoms with Crippen LogP contribution in [0.4, 0.5) is 0 Å². The summed E-state index contributed by atoms with van der Waals surface area (Å²) in [6, 6.07) is 0.490. The highest BCUT2D eigenvalue weighted by molar-refractivity contribution is 14.0. The van der Waals surface area contributed by atoms with Crippen LogP contribution < -0.4 is 10.6 Å². The van der Waals surface area contributed by atoms with Crippen LogP contribution in [0, 0.1) is 5.41 Å². The topological polar surface area (TPSA) is 66.0 Å². The number of hydrogen-bond donors (Lipinski definition) is 2. The lowest BCUT2D eigenvalue weighted by Crippen LogP contribution is -2.45. The first-order valence-electron chi connectivity index (χ1n) is 9.37. The molecule has 0 radical (unpaired) electrons. The number of halogens is 1. The second kappa shape index (κ2) is 11.2. The van der Waals surface area contributed by atoms with Gasteiger partial charge in [-0.2, -0.15) is 0 Å². The van der Waals surface area contributed by atoms with E-state index in [9.17, 15) is 4.79 Å². The van der Waals surface area contributed by atoms with Gasteiger partial charge in [0.2, 0.25) is 5.91 Å². The second-order valence-electron chi connectivity index (χ2n) is 7.38. The molecule has 2 N–H and O–H groups in total. The van der Waals surface area contributed by atoms with Crippen molar-refractivity contribution in [2.45, 2.75) is 57.9 Å². The molecule has 7 heteroatoms. The van der Waals surface area contributed by atoms with Gasteiger partial charge in [-0.05, 0) is 44.4 Å². The molecular formula is C18H35IN4O2. The van der Waals surface area contributed by atoms with Gasteiger partial charge >= 0.3 is 0 Å². The largest absolute Gasteiger partial charge is 0.382 e. The Morgan fingerprint density at radius 2 is 1.96 bits per heavy atom. The molecule has 2 fully saturated rings. The molecule has 2 saturated carbocycles. The van der Waals surface area contributed by atoms with Crippen molar-refractivity contribution in [2.24, 2.45) is 10.4 Å². The molecule has 0 aliphatic heterocycles. The summed E-state index contributed by atoms with van der Waals surface area (Å²) in [6.45, 7) is 4.76. The van der Waals surface area contributed by atoms with Gasteiger partial charge in [0.1, 0.15) is 6.54 Å². The predicted molar refractivity (Wildman–Crippen MR) is 113 cm³/mol. The number of guanidine groups is 1. The minimum Gasteiger partial charge on any atom is -0.382 e. The van der Waals surface area contributed by atoms with Crippen molar-refractivity contribution in [1.29, 1.82) is 0 Å². The number of likely N-dealkylation sites (N-methyl/N-ethyl adjacent to an activating group) is 1. The van der Waals surface area contributed by atoms with Crippen LogP contribution in [0.5, 0.6) is 0 Å². The average molecular weight is 466 g/mol. The zero-order valence-electron chi connectivity index (χ0n) is 16.0. The maximum atomic E-state index is 11.8. The second-order valence-corrected chi connectivity index (χ2v) is 7.38. The quantitative estimate of drug-likeness (QED) is 0.237. The fourth-order valence-corrected chi connectivity index (χ4v) is 3.10. The molecule has 2 rings (SSSR count). The summed E-state index contributed by atoms with van der Waals surface area (Å²) < 4.78 is 5.51. The molecule has 2 aliphatic rings. The van der Waals surface area contributed by atoms with Crippen LogP contribution in [0.1, 0.15) is 51.9 Å². The molecule has 0 saturated heterocycles. The Bertz CT molecular complexity index is 433. The van der Waals surface area contributed by atoms with E-state index in [4.69, 9.17) is 4.74 Å². The van der Waals surface area contributed by atoms with Crippen molar-refractivity contribution in [3.8, 4) is 0 Å². The number of nitrogens with zero attached hydrogens (tertiary/aromatic N) is 2. The molecule has 2 aliphatic carbocycles. The normalized spacial score (nSPS) is 19.2. The van der Waals surface area contributed by atoms with Crippen LogP contribution in [-0.2, 0) is 9.53 Å². The standard InChI is InChI=1S/C18H34N4O2.HI/c1-4-24-12-11-18(9-10-18)14-20-17(19-13-16(23)22(2)3)21-15-7-5-6-8-15;/h15H,4-14H2,1-3H3,(H2,19,20,21);1H. The van der Waals surface area contributed by atoms with Gasteiger partial charge in [0.05, 0.1) is 0 Å². The number of hydrogen-bond acceptors (Lipinski definition) is 3. The first-order chi connectivity index (χ1) is 11.5. The third-order valence-electron chi connectivity index (χ3n) is 5.14. The Labute approximate surface area is 169 Å². The highest BCUT2D eigenvalue weighted by atomic mass is 127. The van der Waals surface area contributed by atoms with Crippen molar-refractivity contribution < 1.29 is 9.53 Å².